The molecule has 2 heterocycles. The zero-order valence-corrected chi connectivity index (χ0v) is 15.3. The average Bonchev–Trinajstić information content (AvgIpc) is 2.86. The SMILES string of the molecule is CN1CCN(c2ccc(N3CC(CS(=O)(=O)Cl)CC3=O)cc2)CC1. The average molecular weight is 372 g/mol. The summed E-state index contributed by atoms with van der Waals surface area (Å²) < 4.78 is 22.4. The highest BCUT2D eigenvalue weighted by molar-refractivity contribution is 8.13. The van der Waals surface area contributed by atoms with Gasteiger partial charge >= 0.3 is 0 Å². The van der Waals surface area contributed by atoms with E-state index in [1.54, 1.807) is 4.90 Å². The number of carbonyl (C=O) groups is 1. The second kappa shape index (κ2) is 6.90. The number of hydrogen-bond acceptors (Lipinski definition) is 5. The summed E-state index contributed by atoms with van der Waals surface area (Å²) in [6, 6.07) is 7.92. The molecule has 2 aliphatic heterocycles. The molecule has 24 heavy (non-hydrogen) atoms. The molecule has 2 fully saturated rings. The first-order valence-corrected chi connectivity index (χ1v) is 10.6. The van der Waals surface area contributed by atoms with Gasteiger partial charge in [-0.3, -0.25) is 4.79 Å². The monoisotopic (exact) mass is 371 g/mol. The van der Waals surface area contributed by atoms with Gasteiger partial charge in [-0.15, -0.1) is 0 Å². The van der Waals surface area contributed by atoms with Gasteiger partial charge in [0.2, 0.25) is 15.0 Å². The van der Waals surface area contributed by atoms with E-state index in [2.05, 4.69) is 16.8 Å². The third kappa shape index (κ3) is 4.20. The Morgan fingerprint density at radius 3 is 2.25 bits per heavy atom. The van der Waals surface area contributed by atoms with Gasteiger partial charge in [0.05, 0.1) is 5.75 Å². The van der Waals surface area contributed by atoms with Crippen LogP contribution in [0.2, 0.25) is 0 Å². The van der Waals surface area contributed by atoms with Crippen LogP contribution in [0.3, 0.4) is 0 Å². The zero-order valence-electron chi connectivity index (χ0n) is 13.7. The molecule has 1 aromatic carbocycles. The molecule has 1 aromatic rings. The van der Waals surface area contributed by atoms with E-state index in [4.69, 9.17) is 10.7 Å². The molecule has 8 heteroatoms. The lowest BCUT2D eigenvalue weighted by atomic mass is 10.1. The first-order chi connectivity index (χ1) is 11.3. The molecular formula is C16H22ClN3O3S. The Kier molecular flexibility index (Phi) is 5.03. The Morgan fingerprint density at radius 2 is 1.67 bits per heavy atom. The van der Waals surface area contributed by atoms with Crippen LogP contribution < -0.4 is 9.80 Å². The highest BCUT2D eigenvalue weighted by Gasteiger charge is 2.33. The molecule has 2 saturated heterocycles. The third-order valence-electron chi connectivity index (χ3n) is 4.67. The summed E-state index contributed by atoms with van der Waals surface area (Å²) >= 11 is 0. The Labute approximate surface area is 147 Å². The van der Waals surface area contributed by atoms with Crippen molar-refractivity contribution in [2.45, 2.75) is 6.42 Å². The van der Waals surface area contributed by atoms with Crippen LogP contribution >= 0.6 is 10.7 Å². The molecule has 0 radical (unpaired) electrons. The minimum absolute atomic E-state index is 0.0485. The van der Waals surface area contributed by atoms with Crippen molar-refractivity contribution >= 4 is 37.0 Å². The molecule has 1 atom stereocenters. The number of amides is 1. The third-order valence-corrected chi connectivity index (χ3v) is 5.92. The number of piperazine rings is 1. The maximum atomic E-state index is 12.2. The van der Waals surface area contributed by atoms with Gasteiger partial charge in [0.1, 0.15) is 0 Å². The maximum Gasteiger partial charge on any atom is 0.232 e. The summed E-state index contributed by atoms with van der Waals surface area (Å²) in [6.07, 6.45) is 0.228. The van der Waals surface area contributed by atoms with Crippen LogP contribution in [0.4, 0.5) is 11.4 Å². The van der Waals surface area contributed by atoms with E-state index in [9.17, 15) is 13.2 Å². The van der Waals surface area contributed by atoms with Crippen molar-refractivity contribution in [1.29, 1.82) is 0 Å². The van der Waals surface area contributed by atoms with Crippen molar-refractivity contribution < 1.29 is 13.2 Å². The van der Waals surface area contributed by atoms with Gasteiger partial charge in [0.15, 0.2) is 0 Å². The second-order valence-electron chi connectivity index (χ2n) is 6.59. The van der Waals surface area contributed by atoms with Gasteiger partial charge < -0.3 is 14.7 Å². The molecule has 6 nitrogen and oxygen atoms in total. The largest absolute Gasteiger partial charge is 0.369 e. The Bertz CT molecular complexity index is 700. The fourth-order valence-electron chi connectivity index (χ4n) is 3.33. The first kappa shape index (κ1) is 17.5. The summed E-state index contributed by atoms with van der Waals surface area (Å²) in [5, 5.41) is 0. The van der Waals surface area contributed by atoms with Crippen molar-refractivity contribution in [2.75, 3.05) is 55.3 Å². The molecule has 0 spiro atoms. The van der Waals surface area contributed by atoms with Gasteiger partial charge in [0.25, 0.3) is 0 Å². The first-order valence-electron chi connectivity index (χ1n) is 8.08. The van der Waals surface area contributed by atoms with E-state index in [-0.39, 0.29) is 24.0 Å². The topological polar surface area (TPSA) is 60.9 Å². The molecular weight excluding hydrogens is 350 g/mol. The normalized spacial score (nSPS) is 23.1. The molecule has 0 aliphatic carbocycles. The van der Waals surface area contributed by atoms with E-state index in [0.717, 1.165) is 37.6 Å². The van der Waals surface area contributed by atoms with E-state index >= 15 is 0 Å². The Morgan fingerprint density at radius 1 is 1.08 bits per heavy atom. The summed E-state index contributed by atoms with van der Waals surface area (Å²) in [6.45, 7) is 4.48. The minimum atomic E-state index is -3.58. The number of likely N-dealkylation sites (N-methyl/N-ethyl adjacent to an activating group) is 1. The molecule has 132 valence electrons. The number of halogens is 1. The Hall–Kier alpha value is -1.31. The smallest absolute Gasteiger partial charge is 0.232 e. The van der Waals surface area contributed by atoms with E-state index in [1.807, 2.05) is 24.3 Å². The zero-order chi connectivity index (χ0) is 17.3. The number of carbonyl (C=O) groups excluding carboxylic acids is 1. The fraction of sp³-hybridized carbons (Fsp3) is 0.562. The van der Waals surface area contributed by atoms with Crippen LogP contribution in [0.25, 0.3) is 0 Å². The highest BCUT2D eigenvalue weighted by atomic mass is 35.7. The molecule has 1 amide bonds. The second-order valence-corrected chi connectivity index (χ2v) is 9.41. The summed E-state index contributed by atoms with van der Waals surface area (Å²) in [5.74, 6) is -0.444. The van der Waals surface area contributed by atoms with Gasteiger partial charge in [-0.1, -0.05) is 0 Å². The molecule has 1 unspecified atom stereocenters. The van der Waals surface area contributed by atoms with Crippen molar-refractivity contribution in [1.82, 2.24) is 4.90 Å². The Balaban J connectivity index is 1.66. The van der Waals surface area contributed by atoms with E-state index in [0.29, 0.717) is 6.54 Å². The molecule has 0 bridgehead atoms. The van der Waals surface area contributed by atoms with Crippen LogP contribution in [-0.4, -0.2) is 64.7 Å². The van der Waals surface area contributed by atoms with Crippen LogP contribution in [0.5, 0.6) is 0 Å². The lowest BCUT2D eigenvalue weighted by molar-refractivity contribution is -0.117. The summed E-state index contributed by atoms with van der Waals surface area (Å²) in [5.41, 5.74) is 1.96. The van der Waals surface area contributed by atoms with Crippen LogP contribution in [0.15, 0.2) is 24.3 Å². The fourth-order valence-corrected chi connectivity index (χ4v) is 4.65. The predicted molar refractivity (Wildman–Crippen MR) is 96.3 cm³/mol. The lowest BCUT2D eigenvalue weighted by Crippen LogP contribution is -2.44. The van der Waals surface area contributed by atoms with Crippen molar-refractivity contribution in [3.05, 3.63) is 24.3 Å². The number of benzene rings is 1. The molecule has 0 N–H and O–H groups in total. The van der Waals surface area contributed by atoms with Gasteiger partial charge in [0, 0.05) is 67.1 Å². The lowest BCUT2D eigenvalue weighted by Gasteiger charge is -2.34. The quantitative estimate of drug-likeness (QED) is 0.748. The number of anilines is 2. The van der Waals surface area contributed by atoms with Gasteiger partial charge in [-0.2, -0.15) is 0 Å². The molecule has 2 aliphatic rings. The minimum Gasteiger partial charge on any atom is -0.369 e. The summed E-state index contributed by atoms with van der Waals surface area (Å²) in [7, 11) is 3.85. The van der Waals surface area contributed by atoms with E-state index < -0.39 is 9.05 Å². The highest BCUT2D eigenvalue weighted by Crippen LogP contribution is 2.28. The molecule has 0 aromatic heterocycles. The van der Waals surface area contributed by atoms with Gasteiger partial charge in [-0.05, 0) is 31.3 Å². The van der Waals surface area contributed by atoms with E-state index in [1.165, 1.54) is 0 Å². The number of nitrogens with zero attached hydrogens (tertiary/aromatic N) is 3. The van der Waals surface area contributed by atoms with Crippen LogP contribution in [-0.2, 0) is 13.8 Å². The van der Waals surface area contributed by atoms with Crippen LogP contribution in [0.1, 0.15) is 6.42 Å². The predicted octanol–water partition coefficient (Wildman–Crippen LogP) is 1.36. The van der Waals surface area contributed by atoms with Gasteiger partial charge in [-0.25, -0.2) is 8.42 Å². The molecule has 3 rings (SSSR count). The van der Waals surface area contributed by atoms with Crippen molar-refractivity contribution in [3.63, 3.8) is 0 Å². The standard InChI is InChI=1S/C16H22ClN3O3S/c1-18-6-8-19(9-7-18)14-2-4-15(5-3-14)20-11-13(10-16(20)21)12-24(17,22)23/h2-5,13H,6-12H2,1H3. The van der Waals surface area contributed by atoms with Crippen LogP contribution in [0, 0.1) is 5.92 Å². The maximum absolute atomic E-state index is 12.2. The number of hydrogen-bond donors (Lipinski definition) is 0. The van der Waals surface area contributed by atoms with Crippen molar-refractivity contribution in [3.8, 4) is 0 Å². The summed E-state index contributed by atoms with van der Waals surface area (Å²) in [4.78, 5) is 18.5. The van der Waals surface area contributed by atoms with Crippen molar-refractivity contribution in [2.24, 2.45) is 5.92 Å². The molecule has 0 saturated carbocycles. The number of rotatable bonds is 4.